The van der Waals surface area contributed by atoms with E-state index in [0.717, 1.165) is 6.07 Å². The van der Waals surface area contributed by atoms with Gasteiger partial charge in [-0.25, -0.2) is 13.8 Å². The Balaban J connectivity index is 3.18. The standard InChI is InChI=1S/C11H11F2N3O2/c1-2-18-8(17)4-6-3-7(5-14)16-11(15)9(6)10(12)13/h3,10H,2,4H2,1H3,(H2,15,16). The van der Waals surface area contributed by atoms with Crippen molar-refractivity contribution in [3.8, 4) is 6.07 Å². The zero-order chi connectivity index (χ0) is 13.7. The van der Waals surface area contributed by atoms with Gasteiger partial charge in [-0.2, -0.15) is 5.26 Å². The Morgan fingerprint density at radius 2 is 2.33 bits per heavy atom. The molecule has 5 nitrogen and oxygen atoms in total. The number of halogens is 2. The number of carbonyl (C=O) groups is 1. The normalized spacial score (nSPS) is 10.2. The Bertz CT molecular complexity index is 498. The molecule has 0 aliphatic carbocycles. The van der Waals surface area contributed by atoms with Gasteiger partial charge in [0.2, 0.25) is 0 Å². The summed E-state index contributed by atoms with van der Waals surface area (Å²) in [7, 11) is 0. The molecule has 0 fully saturated rings. The number of carbonyl (C=O) groups excluding carboxylic acids is 1. The number of nitrogens with two attached hydrogens (primary N) is 1. The molecule has 0 saturated carbocycles. The van der Waals surface area contributed by atoms with E-state index in [9.17, 15) is 13.6 Å². The van der Waals surface area contributed by atoms with Crippen LogP contribution in [0.15, 0.2) is 6.07 Å². The van der Waals surface area contributed by atoms with Gasteiger partial charge in [-0.05, 0) is 18.6 Å². The van der Waals surface area contributed by atoms with Gasteiger partial charge in [0.1, 0.15) is 17.6 Å². The van der Waals surface area contributed by atoms with Gasteiger partial charge in [0.25, 0.3) is 6.43 Å². The highest BCUT2D eigenvalue weighted by molar-refractivity contribution is 5.74. The molecule has 0 atom stereocenters. The first-order valence-electron chi connectivity index (χ1n) is 5.12. The molecule has 0 aliphatic heterocycles. The summed E-state index contributed by atoms with van der Waals surface area (Å²) in [6.07, 6.45) is -3.23. The molecule has 2 N–H and O–H groups in total. The molecule has 0 aromatic carbocycles. The lowest BCUT2D eigenvalue weighted by Gasteiger charge is -2.11. The van der Waals surface area contributed by atoms with Crippen molar-refractivity contribution < 1.29 is 18.3 Å². The number of hydrogen-bond acceptors (Lipinski definition) is 5. The Hall–Kier alpha value is -2.23. The van der Waals surface area contributed by atoms with E-state index >= 15 is 0 Å². The van der Waals surface area contributed by atoms with Crippen molar-refractivity contribution in [2.45, 2.75) is 19.8 Å². The highest BCUT2D eigenvalue weighted by atomic mass is 19.3. The van der Waals surface area contributed by atoms with Gasteiger partial charge in [-0.15, -0.1) is 0 Å². The number of rotatable bonds is 4. The summed E-state index contributed by atoms with van der Waals surface area (Å²) in [6.45, 7) is 1.75. The van der Waals surface area contributed by atoms with E-state index < -0.39 is 23.8 Å². The van der Waals surface area contributed by atoms with Crippen molar-refractivity contribution in [2.24, 2.45) is 0 Å². The second kappa shape index (κ2) is 5.91. The Labute approximate surface area is 102 Å². The minimum Gasteiger partial charge on any atom is -0.466 e. The zero-order valence-corrected chi connectivity index (χ0v) is 9.61. The van der Waals surface area contributed by atoms with E-state index in [4.69, 9.17) is 11.0 Å². The van der Waals surface area contributed by atoms with Crippen LogP contribution >= 0.6 is 0 Å². The number of nitriles is 1. The quantitative estimate of drug-likeness (QED) is 0.825. The number of pyridine rings is 1. The van der Waals surface area contributed by atoms with Crippen molar-refractivity contribution in [1.82, 2.24) is 4.98 Å². The van der Waals surface area contributed by atoms with Gasteiger partial charge in [-0.1, -0.05) is 0 Å². The van der Waals surface area contributed by atoms with E-state index in [1.807, 2.05) is 0 Å². The van der Waals surface area contributed by atoms with Gasteiger partial charge in [0, 0.05) is 0 Å². The molecule has 0 radical (unpaired) electrons. The fourth-order valence-electron chi connectivity index (χ4n) is 1.45. The third-order valence-corrected chi connectivity index (χ3v) is 2.15. The molecule has 0 saturated heterocycles. The molecule has 1 aromatic rings. The van der Waals surface area contributed by atoms with Gasteiger partial charge >= 0.3 is 5.97 Å². The third kappa shape index (κ3) is 3.13. The van der Waals surface area contributed by atoms with Crippen molar-refractivity contribution in [2.75, 3.05) is 12.3 Å². The molecule has 0 aliphatic rings. The number of nitrogen functional groups attached to an aromatic ring is 1. The van der Waals surface area contributed by atoms with Crippen LogP contribution in [0.25, 0.3) is 0 Å². The molecular formula is C11H11F2N3O2. The van der Waals surface area contributed by atoms with Crippen molar-refractivity contribution in [1.29, 1.82) is 5.26 Å². The Morgan fingerprint density at radius 3 is 2.83 bits per heavy atom. The molecule has 0 unspecified atom stereocenters. The topological polar surface area (TPSA) is 89.0 Å². The van der Waals surface area contributed by atoms with Crippen LogP contribution in [0.2, 0.25) is 0 Å². The van der Waals surface area contributed by atoms with Crippen LogP contribution < -0.4 is 5.73 Å². The minimum atomic E-state index is -2.87. The average molecular weight is 255 g/mol. The van der Waals surface area contributed by atoms with Crippen LogP contribution in [0.1, 0.15) is 30.2 Å². The van der Waals surface area contributed by atoms with E-state index in [1.165, 1.54) is 0 Å². The predicted molar refractivity (Wildman–Crippen MR) is 58.7 cm³/mol. The predicted octanol–water partition coefficient (Wildman–Crippen LogP) is 1.58. The molecule has 0 amide bonds. The minimum absolute atomic E-state index is 0.0347. The first-order chi connectivity index (χ1) is 8.49. The second-order valence-electron chi connectivity index (χ2n) is 3.36. The smallest absolute Gasteiger partial charge is 0.310 e. The maximum Gasteiger partial charge on any atom is 0.310 e. The molecule has 1 heterocycles. The lowest BCUT2D eigenvalue weighted by molar-refractivity contribution is -0.142. The highest BCUT2D eigenvalue weighted by Gasteiger charge is 2.21. The molecule has 7 heteroatoms. The fourth-order valence-corrected chi connectivity index (χ4v) is 1.45. The summed E-state index contributed by atoms with van der Waals surface area (Å²) in [5.41, 5.74) is 4.68. The third-order valence-electron chi connectivity index (χ3n) is 2.15. The Kier molecular flexibility index (Phi) is 4.54. The van der Waals surface area contributed by atoms with E-state index in [-0.39, 0.29) is 24.3 Å². The molecule has 1 rings (SSSR count). The summed E-state index contributed by atoms with van der Waals surface area (Å²) >= 11 is 0. The fraction of sp³-hybridized carbons (Fsp3) is 0.364. The number of esters is 1. The lowest BCUT2D eigenvalue weighted by atomic mass is 10.1. The molecule has 0 bridgehead atoms. The maximum atomic E-state index is 12.8. The van der Waals surface area contributed by atoms with Gasteiger partial charge in [-0.3, -0.25) is 4.79 Å². The van der Waals surface area contributed by atoms with Gasteiger partial charge < -0.3 is 10.5 Å². The molecule has 96 valence electrons. The number of anilines is 1. The second-order valence-corrected chi connectivity index (χ2v) is 3.36. The lowest BCUT2D eigenvalue weighted by Crippen LogP contribution is -2.12. The maximum absolute atomic E-state index is 12.8. The summed E-state index contributed by atoms with van der Waals surface area (Å²) in [4.78, 5) is 14.8. The SMILES string of the molecule is CCOC(=O)Cc1cc(C#N)nc(N)c1C(F)F. The summed E-state index contributed by atoms with van der Waals surface area (Å²) in [5.74, 6) is -1.10. The summed E-state index contributed by atoms with van der Waals surface area (Å²) < 4.78 is 30.3. The molecule has 0 spiro atoms. The highest BCUT2D eigenvalue weighted by Crippen LogP contribution is 2.28. The molecular weight excluding hydrogens is 244 g/mol. The largest absolute Gasteiger partial charge is 0.466 e. The summed E-state index contributed by atoms with van der Waals surface area (Å²) in [5, 5.41) is 8.68. The van der Waals surface area contributed by atoms with Crippen LogP contribution in [0.4, 0.5) is 14.6 Å². The first kappa shape index (κ1) is 13.8. The van der Waals surface area contributed by atoms with Gasteiger partial charge in [0.05, 0.1) is 18.6 Å². The van der Waals surface area contributed by atoms with E-state index in [1.54, 1.807) is 13.0 Å². The van der Waals surface area contributed by atoms with E-state index in [0.29, 0.717) is 0 Å². The van der Waals surface area contributed by atoms with Crippen LogP contribution in [0.5, 0.6) is 0 Å². The van der Waals surface area contributed by atoms with Gasteiger partial charge in [0.15, 0.2) is 0 Å². The zero-order valence-electron chi connectivity index (χ0n) is 9.61. The number of hydrogen-bond donors (Lipinski definition) is 1. The summed E-state index contributed by atoms with van der Waals surface area (Å²) in [6, 6.07) is 2.81. The van der Waals surface area contributed by atoms with E-state index in [2.05, 4.69) is 9.72 Å². The number of nitrogens with zero attached hydrogens (tertiary/aromatic N) is 2. The average Bonchev–Trinajstić information content (AvgIpc) is 2.27. The molecule has 1 aromatic heterocycles. The van der Waals surface area contributed by atoms with Crippen molar-refractivity contribution in [3.63, 3.8) is 0 Å². The first-order valence-corrected chi connectivity index (χ1v) is 5.12. The number of alkyl halides is 2. The Morgan fingerprint density at radius 1 is 1.67 bits per heavy atom. The van der Waals surface area contributed by atoms with Crippen LogP contribution in [0.3, 0.4) is 0 Å². The van der Waals surface area contributed by atoms with Crippen LogP contribution in [0, 0.1) is 11.3 Å². The molecule has 18 heavy (non-hydrogen) atoms. The number of ether oxygens (including phenoxy) is 1. The van der Waals surface area contributed by atoms with Crippen molar-refractivity contribution in [3.05, 3.63) is 22.9 Å². The number of aromatic nitrogens is 1. The van der Waals surface area contributed by atoms with Crippen LogP contribution in [-0.4, -0.2) is 17.6 Å². The van der Waals surface area contributed by atoms with Crippen molar-refractivity contribution >= 4 is 11.8 Å². The van der Waals surface area contributed by atoms with Crippen LogP contribution in [-0.2, 0) is 16.0 Å². The monoisotopic (exact) mass is 255 g/mol.